The Balaban J connectivity index is 1.35. The topological polar surface area (TPSA) is 76.2 Å². The molecular formula is C26H34N2O5S. The first kappa shape index (κ1) is 24.5. The maximum absolute atomic E-state index is 13.3. The van der Waals surface area contributed by atoms with E-state index >= 15 is 0 Å². The van der Waals surface area contributed by atoms with Crippen molar-refractivity contribution in [2.75, 3.05) is 33.3 Å². The lowest BCUT2D eigenvalue weighted by Gasteiger charge is -2.37. The van der Waals surface area contributed by atoms with Gasteiger partial charge in [-0.15, -0.1) is 0 Å². The first-order valence-corrected chi connectivity index (χ1v) is 13.4. The molecule has 2 aliphatic heterocycles. The molecule has 2 fully saturated rings. The van der Waals surface area contributed by atoms with Crippen molar-refractivity contribution in [1.82, 2.24) is 9.21 Å². The molecule has 184 valence electrons. The van der Waals surface area contributed by atoms with Crippen molar-refractivity contribution in [3.63, 3.8) is 0 Å². The molecule has 1 atom stereocenters. The summed E-state index contributed by atoms with van der Waals surface area (Å²) in [5.74, 6) is 1.30. The summed E-state index contributed by atoms with van der Waals surface area (Å²) in [6.07, 6.45) is 3.03. The van der Waals surface area contributed by atoms with Crippen LogP contribution in [0.2, 0.25) is 0 Å². The van der Waals surface area contributed by atoms with Gasteiger partial charge in [0.2, 0.25) is 15.9 Å². The Bertz CT molecular complexity index is 1090. The molecule has 2 aromatic rings. The van der Waals surface area contributed by atoms with E-state index in [1.54, 1.807) is 31.4 Å². The van der Waals surface area contributed by atoms with Crippen molar-refractivity contribution < 1.29 is 22.7 Å². The number of benzene rings is 2. The van der Waals surface area contributed by atoms with Crippen LogP contribution >= 0.6 is 0 Å². The highest BCUT2D eigenvalue weighted by molar-refractivity contribution is 7.89. The Kier molecular flexibility index (Phi) is 7.48. The summed E-state index contributed by atoms with van der Waals surface area (Å²) in [6, 6.07) is 12.5. The molecule has 0 aliphatic carbocycles. The first-order valence-electron chi connectivity index (χ1n) is 12.0. The van der Waals surface area contributed by atoms with E-state index in [1.165, 1.54) is 4.31 Å². The fourth-order valence-electron chi connectivity index (χ4n) is 4.86. The van der Waals surface area contributed by atoms with E-state index in [1.807, 2.05) is 11.0 Å². The summed E-state index contributed by atoms with van der Waals surface area (Å²) < 4.78 is 39.2. The van der Waals surface area contributed by atoms with E-state index in [2.05, 4.69) is 26.0 Å². The molecule has 34 heavy (non-hydrogen) atoms. The molecule has 2 saturated heterocycles. The average Bonchev–Trinajstić information content (AvgIpc) is 2.86. The number of aryl methyl sites for hydroxylation is 2. The van der Waals surface area contributed by atoms with Crippen molar-refractivity contribution in [3.8, 4) is 11.5 Å². The number of sulfonamides is 1. The van der Waals surface area contributed by atoms with Crippen LogP contribution in [0.5, 0.6) is 11.5 Å². The highest BCUT2D eigenvalue weighted by Gasteiger charge is 2.36. The van der Waals surface area contributed by atoms with Crippen molar-refractivity contribution in [1.29, 1.82) is 0 Å². The predicted molar refractivity (Wildman–Crippen MR) is 131 cm³/mol. The van der Waals surface area contributed by atoms with Gasteiger partial charge < -0.3 is 14.4 Å². The lowest BCUT2D eigenvalue weighted by Crippen LogP contribution is -2.49. The van der Waals surface area contributed by atoms with Gasteiger partial charge in [-0.1, -0.05) is 18.2 Å². The Hall–Kier alpha value is -2.58. The van der Waals surface area contributed by atoms with Crippen LogP contribution in [0.1, 0.15) is 36.8 Å². The highest BCUT2D eigenvalue weighted by Crippen LogP contribution is 2.29. The van der Waals surface area contributed by atoms with E-state index < -0.39 is 10.0 Å². The van der Waals surface area contributed by atoms with E-state index in [0.29, 0.717) is 38.2 Å². The minimum Gasteiger partial charge on any atom is -0.497 e. The fraction of sp³-hybridized carbons (Fsp3) is 0.500. The van der Waals surface area contributed by atoms with Crippen LogP contribution in [0.15, 0.2) is 47.4 Å². The Labute approximate surface area is 202 Å². The number of carbonyl (C=O) groups is 1. The van der Waals surface area contributed by atoms with Crippen LogP contribution in [0.3, 0.4) is 0 Å². The molecule has 0 N–H and O–H groups in total. The number of piperidine rings is 2. The number of nitrogens with zero attached hydrogens (tertiary/aromatic N) is 2. The van der Waals surface area contributed by atoms with Crippen molar-refractivity contribution in [2.24, 2.45) is 5.92 Å². The number of rotatable bonds is 6. The van der Waals surface area contributed by atoms with Crippen LogP contribution in [-0.4, -0.2) is 62.9 Å². The van der Waals surface area contributed by atoms with Crippen molar-refractivity contribution in [3.05, 3.63) is 53.6 Å². The Morgan fingerprint density at radius 1 is 0.941 bits per heavy atom. The second-order valence-corrected chi connectivity index (χ2v) is 11.2. The number of ether oxygens (including phenoxy) is 2. The first-order chi connectivity index (χ1) is 16.3. The van der Waals surface area contributed by atoms with E-state index in [0.717, 1.165) is 29.7 Å². The highest BCUT2D eigenvalue weighted by atomic mass is 32.2. The molecule has 0 saturated carbocycles. The predicted octanol–water partition coefficient (Wildman–Crippen LogP) is 3.78. The molecule has 2 aliphatic rings. The summed E-state index contributed by atoms with van der Waals surface area (Å²) >= 11 is 0. The van der Waals surface area contributed by atoms with Crippen molar-refractivity contribution >= 4 is 15.9 Å². The summed E-state index contributed by atoms with van der Waals surface area (Å²) in [6.45, 7) is 6.04. The lowest BCUT2D eigenvalue weighted by atomic mass is 9.96. The van der Waals surface area contributed by atoms with Crippen LogP contribution < -0.4 is 9.47 Å². The lowest BCUT2D eigenvalue weighted by molar-refractivity contribution is -0.138. The third kappa shape index (κ3) is 5.23. The van der Waals surface area contributed by atoms with Gasteiger partial charge in [-0.05, 0) is 62.1 Å². The smallest absolute Gasteiger partial charge is 0.243 e. The van der Waals surface area contributed by atoms with Gasteiger partial charge in [-0.2, -0.15) is 4.31 Å². The molecule has 0 radical (unpaired) electrons. The maximum Gasteiger partial charge on any atom is 0.243 e. The zero-order chi connectivity index (χ0) is 24.3. The largest absolute Gasteiger partial charge is 0.497 e. The average molecular weight is 487 g/mol. The molecular weight excluding hydrogens is 452 g/mol. The quantitative estimate of drug-likeness (QED) is 0.621. The standard InChI is InChI=1S/C26H34N2O5S/c1-19-6-4-7-20(2)25(19)33-23-13-16-27(17-14-23)26(29)21-8-5-15-28(18-21)34(30,31)24-11-9-22(32-3)10-12-24/h4,6-7,9-12,21,23H,5,8,13-18H2,1-3H3. The third-order valence-electron chi connectivity index (χ3n) is 6.88. The number of likely N-dealkylation sites (tertiary alicyclic amines) is 1. The number of amides is 1. The van der Waals surface area contributed by atoms with Crippen LogP contribution in [0.4, 0.5) is 0 Å². The van der Waals surface area contributed by atoms with Gasteiger partial charge in [0.05, 0.1) is 17.9 Å². The molecule has 0 aromatic heterocycles. The van der Waals surface area contributed by atoms with Gasteiger partial charge in [0.1, 0.15) is 17.6 Å². The molecule has 4 rings (SSSR count). The van der Waals surface area contributed by atoms with E-state index in [-0.39, 0.29) is 29.4 Å². The molecule has 0 spiro atoms. The van der Waals surface area contributed by atoms with Gasteiger partial charge in [0, 0.05) is 39.0 Å². The normalized spacial score (nSPS) is 20.2. The second-order valence-electron chi connectivity index (χ2n) is 9.24. The SMILES string of the molecule is COc1ccc(S(=O)(=O)N2CCCC(C(=O)N3CCC(Oc4c(C)cccc4C)CC3)C2)cc1. The summed E-state index contributed by atoms with van der Waals surface area (Å²) in [7, 11) is -2.10. The fourth-order valence-corrected chi connectivity index (χ4v) is 6.39. The number of hydrogen-bond acceptors (Lipinski definition) is 5. The van der Waals surface area contributed by atoms with Gasteiger partial charge in [-0.3, -0.25) is 4.79 Å². The van der Waals surface area contributed by atoms with Gasteiger partial charge in [0.25, 0.3) is 0 Å². The number of methoxy groups -OCH3 is 1. The minimum atomic E-state index is -3.65. The van der Waals surface area contributed by atoms with E-state index in [4.69, 9.17) is 9.47 Å². The third-order valence-corrected chi connectivity index (χ3v) is 8.76. The molecule has 7 nitrogen and oxygen atoms in total. The maximum atomic E-state index is 13.3. The van der Waals surface area contributed by atoms with Gasteiger partial charge in [-0.25, -0.2) is 8.42 Å². The minimum absolute atomic E-state index is 0.0557. The summed E-state index contributed by atoms with van der Waals surface area (Å²) in [5.41, 5.74) is 2.25. The molecule has 1 unspecified atom stereocenters. The van der Waals surface area contributed by atoms with Crippen molar-refractivity contribution in [2.45, 2.75) is 50.5 Å². The van der Waals surface area contributed by atoms with E-state index in [9.17, 15) is 13.2 Å². The molecule has 1 amide bonds. The van der Waals surface area contributed by atoms with Crippen LogP contribution in [-0.2, 0) is 14.8 Å². The molecule has 2 aromatic carbocycles. The zero-order valence-electron chi connectivity index (χ0n) is 20.2. The summed E-state index contributed by atoms with van der Waals surface area (Å²) in [5, 5.41) is 0. The number of carbonyl (C=O) groups excluding carboxylic acids is 1. The van der Waals surface area contributed by atoms with Gasteiger partial charge >= 0.3 is 0 Å². The number of para-hydroxylation sites is 1. The van der Waals surface area contributed by atoms with Crippen LogP contribution in [0, 0.1) is 19.8 Å². The molecule has 8 heteroatoms. The number of hydrogen-bond donors (Lipinski definition) is 0. The Morgan fingerprint density at radius 3 is 2.21 bits per heavy atom. The van der Waals surface area contributed by atoms with Crippen LogP contribution in [0.25, 0.3) is 0 Å². The monoisotopic (exact) mass is 486 g/mol. The zero-order valence-corrected chi connectivity index (χ0v) is 21.0. The molecule has 0 bridgehead atoms. The molecule has 2 heterocycles. The Morgan fingerprint density at radius 2 is 1.59 bits per heavy atom. The summed E-state index contributed by atoms with van der Waals surface area (Å²) in [4.78, 5) is 15.4. The van der Waals surface area contributed by atoms with Gasteiger partial charge in [0.15, 0.2) is 0 Å². The second kappa shape index (κ2) is 10.4.